The normalized spacial score (nSPS) is 5.50. The fourth-order valence-corrected chi connectivity index (χ4v) is 0. The summed E-state index contributed by atoms with van der Waals surface area (Å²) >= 11 is 0. The summed E-state index contributed by atoms with van der Waals surface area (Å²) in [5.41, 5.74) is 0. The molecular formula is C2H4FNaO4. The van der Waals surface area contributed by atoms with Gasteiger partial charge in [-0.15, -0.1) is 0 Å². The van der Waals surface area contributed by atoms with Gasteiger partial charge in [0.05, 0.1) is 0 Å². The van der Waals surface area contributed by atoms with Crippen LogP contribution in [0.15, 0.2) is 0 Å². The molecule has 0 atom stereocenters. The Hall–Kier alpha value is -0.130. The summed E-state index contributed by atoms with van der Waals surface area (Å²) in [7, 11) is 0. The van der Waals surface area contributed by atoms with Crippen LogP contribution in [0, 0.1) is 0 Å². The molecule has 0 aromatic rings. The molecule has 0 saturated heterocycles. The van der Waals surface area contributed by atoms with Crippen LogP contribution in [0.25, 0.3) is 0 Å². The summed E-state index contributed by atoms with van der Waals surface area (Å²) in [5, 5.41) is 14.8. The maximum atomic E-state index is 9.10. The molecule has 0 saturated carbocycles. The van der Waals surface area contributed by atoms with Gasteiger partial charge in [-0.25, -0.2) is 9.59 Å². The number of carboxylic acids is 2. The van der Waals surface area contributed by atoms with Crippen molar-refractivity contribution in [1.82, 2.24) is 0 Å². The maximum absolute atomic E-state index is 9.10. The van der Waals surface area contributed by atoms with Crippen molar-refractivity contribution < 1.29 is 55.5 Å². The Morgan fingerprint density at radius 1 is 1.12 bits per heavy atom. The van der Waals surface area contributed by atoms with E-state index in [4.69, 9.17) is 19.8 Å². The van der Waals surface area contributed by atoms with Crippen molar-refractivity contribution in [1.29, 1.82) is 0 Å². The fourth-order valence-electron chi connectivity index (χ4n) is 0. The molecule has 0 radical (unpaired) electrons. The van der Waals surface area contributed by atoms with Crippen molar-refractivity contribution in [3.05, 3.63) is 0 Å². The number of rotatable bonds is 0. The zero-order valence-electron chi connectivity index (χ0n) is 5.12. The van der Waals surface area contributed by atoms with Crippen molar-refractivity contribution in [2.75, 3.05) is 0 Å². The van der Waals surface area contributed by atoms with Crippen LogP contribution in [0.3, 0.4) is 0 Å². The largest absolute Gasteiger partial charge is 1.00 e. The molecule has 0 spiro atoms. The number of aliphatic carboxylic acids is 2. The van der Waals surface area contributed by atoms with Gasteiger partial charge in [0.1, 0.15) is 0 Å². The minimum Gasteiger partial charge on any atom is -1.00 e. The van der Waals surface area contributed by atoms with Gasteiger partial charge >= 0.3 is 41.5 Å². The second-order valence-electron chi connectivity index (χ2n) is 0.610. The first-order chi connectivity index (χ1) is 2.64. The number of carboxylic acid groups (broad SMARTS) is 2. The van der Waals surface area contributed by atoms with Gasteiger partial charge in [-0.2, -0.15) is 0 Å². The molecule has 0 amide bonds. The molecule has 0 aliphatic heterocycles. The topological polar surface area (TPSA) is 74.6 Å². The maximum Gasteiger partial charge on any atom is 1.00 e. The van der Waals surface area contributed by atoms with E-state index in [0.717, 1.165) is 0 Å². The van der Waals surface area contributed by atoms with E-state index in [1.165, 1.54) is 0 Å². The van der Waals surface area contributed by atoms with E-state index in [1.807, 2.05) is 0 Å². The third-order valence-electron chi connectivity index (χ3n) is 0.183. The zero-order valence-corrected chi connectivity index (χ0v) is 6.12. The average Bonchev–Trinajstić information content (AvgIpc) is 1.36. The molecule has 0 fully saturated rings. The fraction of sp³-hybridized carbons (Fsp3) is 0. The third kappa shape index (κ3) is 9.30. The molecule has 0 aromatic carbocycles. The van der Waals surface area contributed by atoms with Crippen LogP contribution in [0.1, 0.15) is 1.43 Å². The Bertz CT molecular complexity index is 84.6. The number of hydrogen-bond acceptors (Lipinski definition) is 2. The van der Waals surface area contributed by atoms with Gasteiger partial charge in [0.2, 0.25) is 0 Å². The van der Waals surface area contributed by atoms with E-state index in [1.54, 1.807) is 0 Å². The van der Waals surface area contributed by atoms with Crippen molar-refractivity contribution >= 4 is 11.9 Å². The van der Waals surface area contributed by atoms with Crippen molar-refractivity contribution in [3.8, 4) is 0 Å². The van der Waals surface area contributed by atoms with Gasteiger partial charge in [-0.05, 0) is 0 Å². The van der Waals surface area contributed by atoms with Gasteiger partial charge in [-0.1, -0.05) is 0 Å². The second kappa shape index (κ2) is 6.87. The van der Waals surface area contributed by atoms with E-state index in [0.29, 0.717) is 0 Å². The summed E-state index contributed by atoms with van der Waals surface area (Å²) in [6, 6.07) is 0. The van der Waals surface area contributed by atoms with Crippen molar-refractivity contribution in [2.45, 2.75) is 0 Å². The SMILES string of the molecule is F.O=C(O)C(=O)O.[H-].[Na+]. The standard InChI is InChI=1S/C2H2O4.FH.Na.H/c3-1(4)2(5)6;;;/h(H,3,4)(H,5,6);1H;;/q;;+1;-1. The summed E-state index contributed by atoms with van der Waals surface area (Å²) in [5.74, 6) is -3.65. The Kier molecular flexibility index (Phi) is 13.4. The van der Waals surface area contributed by atoms with Crippen LogP contribution >= 0.6 is 0 Å². The van der Waals surface area contributed by atoms with Gasteiger partial charge < -0.3 is 11.6 Å². The first-order valence-corrected chi connectivity index (χ1v) is 1.11. The summed E-state index contributed by atoms with van der Waals surface area (Å²) in [6.45, 7) is 0. The molecule has 44 valence electrons. The molecular weight excluding hydrogens is 130 g/mol. The van der Waals surface area contributed by atoms with Crippen LogP contribution in [0.5, 0.6) is 0 Å². The number of carbonyl (C=O) groups is 2. The van der Waals surface area contributed by atoms with Crippen LogP contribution < -0.4 is 29.6 Å². The molecule has 8 heavy (non-hydrogen) atoms. The number of halogens is 1. The molecule has 0 aromatic heterocycles. The van der Waals surface area contributed by atoms with E-state index < -0.39 is 11.9 Å². The zero-order chi connectivity index (χ0) is 5.15. The molecule has 0 bridgehead atoms. The Morgan fingerprint density at radius 2 is 1.25 bits per heavy atom. The predicted octanol–water partition coefficient (Wildman–Crippen LogP) is -3.58. The second-order valence-corrected chi connectivity index (χ2v) is 0.610. The molecule has 2 N–H and O–H groups in total. The van der Waals surface area contributed by atoms with Crippen LogP contribution in [0.4, 0.5) is 4.70 Å². The molecule has 0 unspecified atom stereocenters. The van der Waals surface area contributed by atoms with Gasteiger partial charge in [0.25, 0.3) is 0 Å². The van der Waals surface area contributed by atoms with Crippen LogP contribution in [-0.4, -0.2) is 22.2 Å². The van der Waals surface area contributed by atoms with E-state index in [2.05, 4.69) is 0 Å². The summed E-state index contributed by atoms with van der Waals surface area (Å²) in [4.78, 5) is 18.2. The molecule has 0 aliphatic carbocycles. The van der Waals surface area contributed by atoms with Gasteiger partial charge in [0, 0.05) is 0 Å². The monoisotopic (exact) mass is 134 g/mol. The third-order valence-corrected chi connectivity index (χ3v) is 0.183. The van der Waals surface area contributed by atoms with Gasteiger partial charge in [0.15, 0.2) is 0 Å². The average molecular weight is 134 g/mol. The Labute approximate surface area is 67.6 Å². The quantitative estimate of drug-likeness (QED) is 0.265. The molecule has 6 heteroatoms. The predicted molar refractivity (Wildman–Crippen MR) is 18.9 cm³/mol. The van der Waals surface area contributed by atoms with Crippen molar-refractivity contribution in [3.63, 3.8) is 0 Å². The first kappa shape index (κ1) is 15.7. The minimum atomic E-state index is -1.82. The van der Waals surface area contributed by atoms with E-state index in [-0.39, 0.29) is 35.7 Å². The molecule has 0 heterocycles. The molecule has 0 rings (SSSR count). The smallest absolute Gasteiger partial charge is 1.00 e. The molecule has 4 nitrogen and oxygen atoms in total. The summed E-state index contributed by atoms with van der Waals surface area (Å²) in [6.07, 6.45) is 0. The summed E-state index contributed by atoms with van der Waals surface area (Å²) < 4.78 is 0. The first-order valence-electron chi connectivity index (χ1n) is 1.11. The van der Waals surface area contributed by atoms with Crippen LogP contribution in [-0.2, 0) is 9.59 Å². The number of hydrogen-bond donors (Lipinski definition) is 2. The van der Waals surface area contributed by atoms with Crippen LogP contribution in [0.2, 0.25) is 0 Å². The Balaban J connectivity index is -0.0000000417. The van der Waals surface area contributed by atoms with Gasteiger partial charge in [-0.3, -0.25) is 4.70 Å². The van der Waals surface area contributed by atoms with Crippen molar-refractivity contribution in [2.24, 2.45) is 0 Å². The van der Waals surface area contributed by atoms with E-state index in [9.17, 15) is 0 Å². The Morgan fingerprint density at radius 3 is 1.25 bits per heavy atom. The minimum absolute atomic E-state index is 0. The molecule has 0 aliphatic rings. The van der Waals surface area contributed by atoms with E-state index >= 15 is 0 Å².